The summed E-state index contributed by atoms with van der Waals surface area (Å²) in [5.41, 5.74) is 0.536. The summed E-state index contributed by atoms with van der Waals surface area (Å²) in [5.74, 6) is -0.985. The normalized spacial score (nSPS) is 10.3. The van der Waals surface area contributed by atoms with E-state index in [1.807, 2.05) is 0 Å². The zero-order valence-electron chi connectivity index (χ0n) is 8.85. The van der Waals surface area contributed by atoms with Crippen molar-refractivity contribution in [3.63, 3.8) is 0 Å². The van der Waals surface area contributed by atoms with Gasteiger partial charge in [-0.05, 0) is 18.2 Å². The summed E-state index contributed by atoms with van der Waals surface area (Å²) in [6.07, 6.45) is 3.01. The summed E-state index contributed by atoms with van der Waals surface area (Å²) >= 11 is 5.67. The number of methoxy groups -OCH3 is 1. The minimum atomic E-state index is -0.574. The molecule has 2 rings (SSSR count). The summed E-state index contributed by atoms with van der Waals surface area (Å²) in [5, 5.41) is -0.0213. The fourth-order valence-corrected chi connectivity index (χ4v) is 1.56. The first-order valence-electron chi connectivity index (χ1n) is 4.70. The Morgan fingerprint density at radius 2 is 2.29 bits per heavy atom. The first kappa shape index (κ1) is 11.6. The average Bonchev–Trinajstić information content (AvgIpc) is 2.80. The molecule has 88 valence electrons. The summed E-state index contributed by atoms with van der Waals surface area (Å²) in [6.45, 7) is 0. The molecule has 6 heteroatoms. The Hall–Kier alpha value is -1.88. The number of hydrogen-bond donors (Lipinski definition) is 0. The standard InChI is InChI=1S/C11H8ClFN2O2/c1-17-11(16)10-14-4-5-15(10)7-2-3-9(13)8(12)6-7/h2-6H,1H3. The van der Waals surface area contributed by atoms with Crippen molar-refractivity contribution >= 4 is 17.6 Å². The number of benzene rings is 1. The number of carbonyl (C=O) groups is 1. The van der Waals surface area contributed by atoms with Crippen LogP contribution in [0.4, 0.5) is 4.39 Å². The predicted octanol–water partition coefficient (Wildman–Crippen LogP) is 2.45. The van der Waals surface area contributed by atoms with Crippen LogP contribution >= 0.6 is 11.6 Å². The smallest absolute Gasteiger partial charge is 0.374 e. The monoisotopic (exact) mass is 254 g/mol. The molecule has 17 heavy (non-hydrogen) atoms. The van der Waals surface area contributed by atoms with Crippen LogP contribution in [0.3, 0.4) is 0 Å². The third kappa shape index (κ3) is 2.14. The van der Waals surface area contributed by atoms with Gasteiger partial charge in [0, 0.05) is 18.1 Å². The van der Waals surface area contributed by atoms with E-state index in [-0.39, 0.29) is 10.8 Å². The topological polar surface area (TPSA) is 44.1 Å². The lowest BCUT2D eigenvalue weighted by Gasteiger charge is -2.06. The Balaban J connectivity index is 2.50. The number of ether oxygens (including phenoxy) is 1. The van der Waals surface area contributed by atoms with E-state index in [1.165, 1.54) is 36.1 Å². The van der Waals surface area contributed by atoms with Crippen LogP contribution in [-0.4, -0.2) is 22.6 Å². The molecule has 0 amide bonds. The number of carbonyl (C=O) groups excluding carboxylic acids is 1. The van der Waals surface area contributed by atoms with E-state index in [4.69, 9.17) is 11.6 Å². The predicted molar refractivity (Wildman–Crippen MR) is 59.9 cm³/mol. The van der Waals surface area contributed by atoms with Gasteiger partial charge in [0.1, 0.15) is 5.82 Å². The van der Waals surface area contributed by atoms with Gasteiger partial charge in [-0.3, -0.25) is 4.57 Å². The van der Waals surface area contributed by atoms with E-state index in [1.54, 1.807) is 6.20 Å². The van der Waals surface area contributed by atoms with Crippen LogP contribution in [0, 0.1) is 5.82 Å². The van der Waals surface area contributed by atoms with Gasteiger partial charge in [-0.25, -0.2) is 14.2 Å². The molecule has 0 radical (unpaired) electrons. The molecular weight excluding hydrogens is 247 g/mol. The second kappa shape index (κ2) is 4.55. The van der Waals surface area contributed by atoms with Crippen LogP contribution < -0.4 is 0 Å². The zero-order chi connectivity index (χ0) is 12.4. The van der Waals surface area contributed by atoms with Crippen molar-refractivity contribution in [1.29, 1.82) is 0 Å². The third-order valence-electron chi connectivity index (χ3n) is 2.19. The maximum absolute atomic E-state index is 13.0. The maximum Gasteiger partial charge on any atom is 0.374 e. The summed E-state index contributed by atoms with van der Waals surface area (Å²) in [6, 6.07) is 4.12. The Morgan fingerprint density at radius 1 is 1.53 bits per heavy atom. The van der Waals surface area contributed by atoms with Crippen LogP contribution in [0.2, 0.25) is 5.02 Å². The Labute approximate surface area is 102 Å². The molecule has 1 aromatic heterocycles. The Morgan fingerprint density at radius 3 is 2.94 bits per heavy atom. The highest BCUT2D eigenvalue weighted by molar-refractivity contribution is 6.30. The lowest BCUT2D eigenvalue weighted by molar-refractivity contribution is 0.0584. The minimum absolute atomic E-state index is 0.0213. The van der Waals surface area contributed by atoms with E-state index in [2.05, 4.69) is 9.72 Å². The van der Waals surface area contributed by atoms with E-state index in [0.29, 0.717) is 5.69 Å². The number of nitrogens with zero attached hydrogens (tertiary/aromatic N) is 2. The van der Waals surface area contributed by atoms with Gasteiger partial charge < -0.3 is 4.74 Å². The van der Waals surface area contributed by atoms with Gasteiger partial charge in [0.15, 0.2) is 0 Å². The van der Waals surface area contributed by atoms with Gasteiger partial charge in [-0.2, -0.15) is 0 Å². The number of esters is 1. The molecule has 2 aromatic rings. The molecule has 0 aliphatic rings. The van der Waals surface area contributed by atoms with Gasteiger partial charge >= 0.3 is 5.97 Å². The number of rotatable bonds is 2. The molecule has 4 nitrogen and oxygen atoms in total. The van der Waals surface area contributed by atoms with Crippen LogP contribution in [-0.2, 0) is 4.74 Å². The lowest BCUT2D eigenvalue weighted by atomic mass is 10.3. The average molecular weight is 255 g/mol. The second-order valence-corrected chi connectivity index (χ2v) is 3.62. The van der Waals surface area contributed by atoms with Crippen molar-refractivity contribution in [2.75, 3.05) is 7.11 Å². The molecule has 0 saturated heterocycles. The van der Waals surface area contributed by atoms with Crippen molar-refractivity contribution in [2.24, 2.45) is 0 Å². The summed E-state index contributed by atoms with van der Waals surface area (Å²) in [4.78, 5) is 15.3. The molecule has 0 atom stereocenters. The molecule has 1 heterocycles. The highest BCUT2D eigenvalue weighted by atomic mass is 35.5. The van der Waals surface area contributed by atoms with Gasteiger partial charge in [0.2, 0.25) is 5.82 Å². The Kier molecular flexibility index (Phi) is 3.10. The van der Waals surface area contributed by atoms with E-state index >= 15 is 0 Å². The molecule has 0 fully saturated rings. The van der Waals surface area contributed by atoms with Crippen LogP contribution in [0.15, 0.2) is 30.6 Å². The molecule has 0 bridgehead atoms. The van der Waals surface area contributed by atoms with E-state index in [9.17, 15) is 9.18 Å². The van der Waals surface area contributed by atoms with Gasteiger partial charge in [0.05, 0.1) is 12.1 Å². The summed E-state index contributed by atoms with van der Waals surface area (Å²) < 4.78 is 19.1. The molecule has 1 aromatic carbocycles. The van der Waals surface area contributed by atoms with Gasteiger partial charge in [-0.15, -0.1) is 0 Å². The van der Waals surface area contributed by atoms with Crippen LogP contribution in [0.1, 0.15) is 10.6 Å². The molecule has 0 N–H and O–H groups in total. The number of imidazole rings is 1. The summed E-state index contributed by atoms with van der Waals surface area (Å²) in [7, 11) is 1.26. The highest BCUT2D eigenvalue weighted by Gasteiger charge is 2.14. The largest absolute Gasteiger partial charge is 0.463 e. The first-order chi connectivity index (χ1) is 8.13. The van der Waals surface area contributed by atoms with Crippen molar-refractivity contribution in [3.8, 4) is 5.69 Å². The zero-order valence-corrected chi connectivity index (χ0v) is 9.61. The van der Waals surface area contributed by atoms with Crippen molar-refractivity contribution in [1.82, 2.24) is 9.55 Å². The van der Waals surface area contributed by atoms with Gasteiger partial charge in [0.25, 0.3) is 0 Å². The van der Waals surface area contributed by atoms with Crippen LogP contribution in [0.25, 0.3) is 5.69 Å². The van der Waals surface area contributed by atoms with Crippen molar-refractivity contribution in [3.05, 3.63) is 47.3 Å². The molecule has 0 aliphatic carbocycles. The SMILES string of the molecule is COC(=O)c1nccn1-c1ccc(F)c(Cl)c1. The quantitative estimate of drug-likeness (QED) is 0.773. The molecule has 0 spiro atoms. The number of halogens is 2. The van der Waals surface area contributed by atoms with E-state index < -0.39 is 11.8 Å². The third-order valence-corrected chi connectivity index (χ3v) is 2.48. The van der Waals surface area contributed by atoms with Gasteiger partial charge in [-0.1, -0.05) is 11.6 Å². The lowest BCUT2D eigenvalue weighted by Crippen LogP contribution is -2.10. The molecule has 0 aliphatic heterocycles. The minimum Gasteiger partial charge on any atom is -0.463 e. The second-order valence-electron chi connectivity index (χ2n) is 3.21. The number of hydrogen-bond acceptors (Lipinski definition) is 3. The number of aromatic nitrogens is 2. The fourth-order valence-electron chi connectivity index (χ4n) is 1.39. The van der Waals surface area contributed by atoms with Crippen LogP contribution in [0.5, 0.6) is 0 Å². The Bertz CT molecular complexity index is 568. The molecular formula is C11H8ClFN2O2. The van der Waals surface area contributed by atoms with E-state index in [0.717, 1.165) is 0 Å². The maximum atomic E-state index is 13.0. The molecule has 0 saturated carbocycles. The molecule has 0 unspecified atom stereocenters. The first-order valence-corrected chi connectivity index (χ1v) is 5.08. The highest BCUT2D eigenvalue weighted by Crippen LogP contribution is 2.19. The fraction of sp³-hybridized carbons (Fsp3) is 0.0909. The van der Waals surface area contributed by atoms with Crippen molar-refractivity contribution in [2.45, 2.75) is 0 Å². The van der Waals surface area contributed by atoms with Crippen molar-refractivity contribution < 1.29 is 13.9 Å².